The van der Waals surface area contributed by atoms with Gasteiger partial charge in [0.05, 0.1) is 13.2 Å². The number of carbonyl (C=O) groups is 2. The van der Waals surface area contributed by atoms with Gasteiger partial charge in [0, 0.05) is 30.6 Å². The number of nitrogens with zero attached hydrogens (tertiary/aromatic N) is 1. The minimum absolute atomic E-state index is 0.0513. The Kier molecular flexibility index (Phi) is 6.26. The molecule has 2 N–H and O–H groups in total. The molecule has 6 aliphatic rings. The lowest BCUT2D eigenvalue weighted by atomic mass is 9.39. The molecule has 5 unspecified atom stereocenters. The summed E-state index contributed by atoms with van der Waals surface area (Å²) in [7, 11) is 0. The summed E-state index contributed by atoms with van der Waals surface area (Å²) in [6.07, 6.45) is 14.3. The summed E-state index contributed by atoms with van der Waals surface area (Å²) in [4.78, 5) is 27.4. The van der Waals surface area contributed by atoms with Gasteiger partial charge in [0.2, 0.25) is 5.78 Å². The van der Waals surface area contributed by atoms with Gasteiger partial charge in [-0.25, -0.2) is 4.79 Å². The monoisotopic (exact) mass is 534 g/mol. The maximum absolute atomic E-state index is 12.9. The molecule has 0 bridgehead atoms. The van der Waals surface area contributed by atoms with Crippen LogP contribution in [0.25, 0.3) is 0 Å². The zero-order valence-corrected chi connectivity index (χ0v) is 24.5. The van der Waals surface area contributed by atoms with E-state index in [1.165, 1.54) is 24.8 Å². The van der Waals surface area contributed by atoms with Crippen molar-refractivity contribution in [3.05, 3.63) is 46.3 Å². The zero-order chi connectivity index (χ0) is 27.8. The van der Waals surface area contributed by atoms with Gasteiger partial charge in [0.1, 0.15) is 0 Å². The number of hydrogen-bond acceptors (Lipinski definition) is 4. The van der Waals surface area contributed by atoms with Crippen molar-refractivity contribution >= 4 is 11.8 Å². The first-order valence-corrected chi connectivity index (χ1v) is 15.1. The highest BCUT2D eigenvalue weighted by atomic mass is 16.5. The molecule has 0 spiro atoms. The van der Waals surface area contributed by atoms with Crippen LogP contribution in [0.15, 0.2) is 46.3 Å². The van der Waals surface area contributed by atoms with Gasteiger partial charge >= 0.3 is 6.03 Å². The molecule has 5 aliphatic carbocycles. The fraction of sp³-hybridized carbons (Fsp3) is 0.697. The Bertz CT molecular complexity index is 1220. The van der Waals surface area contributed by atoms with Crippen molar-refractivity contribution in [3.8, 4) is 0 Å². The molecule has 6 nitrogen and oxygen atoms in total. The number of morpholine rings is 1. The lowest BCUT2D eigenvalue weighted by Gasteiger charge is -2.65. The molecule has 0 aromatic carbocycles. The normalized spacial score (nSPS) is 41.8. The van der Waals surface area contributed by atoms with Crippen LogP contribution >= 0.6 is 0 Å². The van der Waals surface area contributed by atoms with Crippen LogP contribution in [-0.4, -0.2) is 54.7 Å². The average Bonchev–Trinajstić information content (AvgIpc) is 2.92. The highest BCUT2D eigenvalue weighted by Crippen LogP contribution is 2.70. The number of aliphatic hydroxyl groups excluding tert-OH is 1. The molecule has 4 fully saturated rings. The van der Waals surface area contributed by atoms with E-state index in [1.807, 2.05) is 11.8 Å². The van der Waals surface area contributed by atoms with E-state index in [9.17, 15) is 14.7 Å². The van der Waals surface area contributed by atoms with Crippen molar-refractivity contribution < 1.29 is 19.4 Å². The van der Waals surface area contributed by atoms with Crippen LogP contribution in [0.5, 0.6) is 0 Å². The summed E-state index contributed by atoms with van der Waals surface area (Å²) in [6.45, 7) is 14.9. The van der Waals surface area contributed by atoms with E-state index in [0.717, 1.165) is 43.4 Å². The van der Waals surface area contributed by atoms with E-state index in [2.05, 4.69) is 45.2 Å². The minimum Gasteiger partial charge on any atom is -0.504 e. The Balaban J connectivity index is 1.26. The fourth-order valence-corrected chi connectivity index (χ4v) is 9.44. The predicted octanol–water partition coefficient (Wildman–Crippen LogP) is 6.26. The molecule has 0 radical (unpaired) electrons. The van der Waals surface area contributed by atoms with Gasteiger partial charge < -0.3 is 20.1 Å². The molecule has 1 aliphatic heterocycles. The first kappa shape index (κ1) is 26.9. The number of ether oxygens (including phenoxy) is 1. The van der Waals surface area contributed by atoms with E-state index < -0.39 is 0 Å². The largest absolute Gasteiger partial charge is 0.504 e. The van der Waals surface area contributed by atoms with Crippen molar-refractivity contribution in [2.75, 3.05) is 32.8 Å². The van der Waals surface area contributed by atoms with E-state index in [4.69, 9.17) is 4.74 Å². The predicted molar refractivity (Wildman–Crippen MR) is 152 cm³/mol. The number of carbonyl (C=O) groups excluding carboxylic acids is 2. The minimum atomic E-state index is -0.257. The third kappa shape index (κ3) is 4.07. The Morgan fingerprint density at radius 3 is 2.51 bits per heavy atom. The molecule has 0 aromatic heterocycles. The van der Waals surface area contributed by atoms with E-state index in [0.29, 0.717) is 49.1 Å². The van der Waals surface area contributed by atoms with Crippen molar-refractivity contribution in [1.82, 2.24) is 10.2 Å². The highest BCUT2D eigenvalue weighted by Gasteiger charge is 2.61. The number of aliphatic hydroxyl groups is 1. The number of nitrogens with one attached hydrogen (secondary N) is 1. The molecule has 2 amide bonds. The van der Waals surface area contributed by atoms with Crippen LogP contribution in [0.2, 0.25) is 0 Å². The molecule has 6 rings (SSSR count). The van der Waals surface area contributed by atoms with Crippen LogP contribution in [0.1, 0.15) is 79.6 Å². The topological polar surface area (TPSA) is 78.9 Å². The van der Waals surface area contributed by atoms with Crippen molar-refractivity contribution in [2.45, 2.75) is 79.6 Å². The van der Waals surface area contributed by atoms with Gasteiger partial charge in [0.15, 0.2) is 5.76 Å². The number of ketones is 1. The quantitative estimate of drug-likeness (QED) is 0.438. The summed E-state index contributed by atoms with van der Waals surface area (Å²) in [5, 5.41) is 13.6. The van der Waals surface area contributed by atoms with Crippen LogP contribution in [0.4, 0.5) is 4.79 Å². The third-order valence-electron chi connectivity index (χ3n) is 12.1. The van der Waals surface area contributed by atoms with E-state index in [1.54, 1.807) is 6.08 Å². The molecule has 1 heterocycles. The standard InChI is InChI=1S/C33H46N2O4/c1-21-22-6-7-27-32(4,24(22)18-26(36)28(21)37)9-8-23-25-19-30(2,10-11-31(25,3)12-13-33(23,27)5)20-34-29(38)35-14-16-39-17-15-35/h6-7,18,23,25,37H,8-17,19-20H2,1-5H3,(H,34,38)/t23?,25?,30-,31?,32?,33?/m1/s1. The summed E-state index contributed by atoms with van der Waals surface area (Å²) >= 11 is 0. The van der Waals surface area contributed by atoms with Gasteiger partial charge in [-0.2, -0.15) is 0 Å². The molecule has 6 heteroatoms. The second-order valence-corrected chi connectivity index (χ2v) is 14.5. The summed E-state index contributed by atoms with van der Waals surface area (Å²) < 4.78 is 5.42. The van der Waals surface area contributed by atoms with Crippen LogP contribution in [0.3, 0.4) is 0 Å². The highest BCUT2D eigenvalue weighted by molar-refractivity contribution is 6.06. The van der Waals surface area contributed by atoms with Gasteiger partial charge in [0.25, 0.3) is 0 Å². The lowest BCUT2D eigenvalue weighted by Crippen LogP contribution is -2.57. The SMILES string of the molecule is CC1=C(O)C(=O)C=C2C1=CC=C1C2(C)CCC2C3C[C@](C)(CNC(=O)N4CCOCC4)CCC3(C)CCC12C. The number of hydrogen-bond donors (Lipinski definition) is 2. The molecular formula is C33H46N2O4. The molecule has 6 atom stereocenters. The number of fused-ring (bicyclic) bond motifs is 7. The number of allylic oxidation sites excluding steroid dienone is 7. The maximum atomic E-state index is 12.9. The zero-order valence-electron chi connectivity index (χ0n) is 24.5. The number of urea groups is 1. The smallest absolute Gasteiger partial charge is 0.317 e. The fourth-order valence-electron chi connectivity index (χ4n) is 9.44. The van der Waals surface area contributed by atoms with Crippen molar-refractivity contribution in [2.24, 2.45) is 33.5 Å². The first-order valence-electron chi connectivity index (χ1n) is 15.1. The molecule has 1 saturated heterocycles. The number of rotatable bonds is 2. The maximum Gasteiger partial charge on any atom is 0.317 e. The average molecular weight is 535 g/mol. The second kappa shape index (κ2) is 9.09. The van der Waals surface area contributed by atoms with Crippen LogP contribution in [0, 0.1) is 33.5 Å². The summed E-state index contributed by atoms with van der Waals surface area (Å²) in [5.41, 5.74) is 4.66. The second-order valence-electron chi connectivity index (χ2n) is 14.5. The van der Waals surface area contributed by atoms with Crippen LogP contribution < -0.4 is 5.32 Å². The Hall–Kier alpha value is -2.34. The molecule has 0 aromatic rings. The Morgan fingerprint density at radius 2 is 1.77 bits per heavy atom. The number of amides is 2. The molecular weight excluding hydrogens is 488 g/mol. The summed E-state index contributed by atoms with van der Waals surface area (Å²) in [6, 6.07) is 0.0513. The Labute approximate surface area is 233 Å². The van der Waals surface area contributed by atoms with Gasteiger partial charge in [-0.05, 0) is 97.2 Å². The van der Waals surface area contributed by atoms with Gasteiger partial charge in [-0.1, -0.05) is 45.4 Å². The van der Waals surface area contributed by atoms with Crippen molar-refractivity contribution in [3.63, 3.8) is 0 Å². The lowest BCUT2D eigenvalue weighted by molar-refractivity contribution is -0.114. The third-order valence-corrected chi connectivity index (χ3v) is 12.1. The van der Waals surface area contributed by atoms with Crippen LogP contribution in [-0.2, 0) is 9.53 Å². The van der Waals surface area contributed by atoms with E-state index >= 15 is 0 Å². The molecule has 212 valence electrons. The van der Waals surface area contributed by atoms with E-state index in [-0.39, 0.29) is 33.8 Å². The van der Waals surface area contributed by atoms with Gasteiger partial charge in [-0.15, -0.1) is 0 Å². The van der Waals surface area contributed by atoms with Gasteiger partial charge in [-0.3, -0.25) is 4.79 Å². The molecule has 39 heavy (non-hydrogen) atoms. The first-order chi connectivity index (χ1) is 18.4. The summed E-state index contributed by atoms with van der Waals surface area (Å²) in [5.74, 6) is 0.831. The van der Waals surface area contributed by atoms with Crippen molar-refractivity contribution in [1.29, 1.82) is 0 Å². The molecule has 3 saturated carbocycles. The Morgan fingerprint density at radius 1 is 1.05 bits per heavy atom.